The standard InChI is InChI=1S/C14H26N2O2.ClH/c15-10-12-7-8-13(18-12)14(17)16-9-3-6-11-4-1-2-5-11;/h11-13H,1-10,15H2,(H,16,17);1H/t12-,13+;/m1./s1. The summed E-state index contributed by atoms with van der Waals surface area (Å²) in [6.45, 7) is 1.31. The van der Waals surface area contributed by atoms with Crippen molar-refractivity contribution in [3.05, 3.63) is 0 Å². The van der Waals surface area contributed by atoms with Crippen LogP contribution in [0.2, 0.25) is 0 Å². The largest absolute Gasteiger partial charge is 0.364 e. The maximum absolute atomic E-state index is 11.8. The molecule has 2 rings (SSSR count). The van der Waals surface area contributed by atoms with Gasteiger partial charge in [0.15, 0.2) is 0 Å². The fraction of sp³-hybridized carbons (Fsp3) is 0.929. The van der Waals surface area contributed by atoms with Gasteiger partial charge in [-0.2, -0.15) is 0 Å². The van der Waals surface area contributed by atoms with Crippen LogP contribution in [0.1, 0.15) is 51.4 Å². The summed E-state index contributed by atoms with van der Waals surface area (Å²) in [5.41, 5.74) is 5.53. The number of carbonyl (C=O) groups is 1. The van der Waals surface area contributed by atoms with E-state index in [0.717, 1.165) is 31.7 Å². The molecule has 2 aliphatic rings. The summed E-state index contributed by atoms with van der Waals surface area (Å²) in [5.74, 6) is 0.962. The van der Waals surface area contributed by atoms with Gasteiger partial charge >= 0.3 is 0 Å². The Kier molecular flexibility index (Phi) is 7.73. The third-order valence-corrected chi connectivity index (χ3v) is 4.23. The van der Waals surface area contributed by atoms with E-state index in [0.29, 0.717) is 6.54 Å². The van der Waals surface area contributed by atoms with E-state index in [9.17, 15) is 4.79 Å². The number of carbonyl (C=O) groups excluding carboxylic acids is 1. The van der Waals surface area contributed by atoms with Crippen LogP contribution in [0.3, 0.4) is 0 Å². The molecule has 1 aliphatic carbocycles. The highest BCUT2D eigenvalue weighted by atomic mass is 35.5. The minimum atomic E-state index is -0.259. The van der Waals surface area contributed by atoms with Crippen molar-refractivity contribution in [3.63, 3.8) is 0 Å². The summed E-state index contributed by atoms with van der Waals surface area (Å²) < 4.78 is 5.57. The number of hydrogen-bond acceptors (Lipinski definition) is 3. The molecule has 112 valence electrons. The Morgan fingerprint density at radius 2 is 1.95 bits per heavy atom. The van der Waals surface area contributed by atoms with Gasteiger partial charge in [-0.25, -0.2) is 0 Å². The summed E-state index contributed by atoms with van der Waals surface area (Å²) >= 11 is 0. The van der Waals surface area contributed by atoms with Crippen LogP contribution in [-0.2, 0) is 9.53 Å². The second kappa shape index (κ2) is 8.77. The van der Waals surface area contributed by atoms with Gasteiger partial charge in [0.25, 0.3) is 0 Å². The number of halogens is 1. The molecule has 0 aromatic rings. The van der Waals surface area contributed by atoms with E-state index < -0.39 is 0 Å². The summed E-state index contributed by atoms with van der Waals surface area (Å²) in [6, 6.07) is 0. The van der Waals surface area contributed by atoms with Crippen molar-refractivity contribution in [3.8, 4) is 0 Å². The van der Waals surface area contributed by atoms with Crippen LogP contribution in [-0.4, -0.2) is 31.2 Å². The molecule has 1 saturated carbocycles. The van der Waals surface area contributed by atoms with Crippen molar-refractivity contribution in [1.82, 2.24) is 5.32 Å². The third-order valence-electron chi connectivity index (χ3n) is 4.23. The maximum Gasteiger partial charge on any atom is 0.249 e. The Balaban J connectivity index is 0.00000180. The Labute approximate surface area is 122 Å². The van der Waals surface area contributed by atoms with Crippen molar-refractivity contribution < 1.29 is 9.53 Å². The zero-order valence-corrected chi connectivity index (χ0v) is 12.4. The summed E-state index contributed by atoms with van der Waals surface area (Å²) in [4.78, 5) is 11.8. The molecule has 1 amide bonds. The highest BCUT2D eigenvalue weighted by molar-refractivity contribution is 5.85. The van der Waals surface area contributed by atoms with E-state index in [1.165, 1.54) is 32.1 Å². The molecule has 0 spiro atoms. The fourth-order valence-corrected chi connectivity index (χ4v) is 3.09. The first-order chi connectivity index (χ1) is 8.79. The Morgan fingerprint density at radius 3 is 2.58 bits per heavy atom. The van der Waals surface area contributed by atoms with Gasteiger partial charge in [-0.15, -0.1) is 12.4 Å². The monoisotopic (exact) mass is 290 g/mol. The molecule has 0 radical (unpaired) electrons. The molecule has 1 saturated heterocycles. The highest BCUT2D eigenvalue weighted by Gasteiger charge is 2.29. The van der Waals surface area contributed by atoms with Gasteiger partial charge in [0, 0.05) is 13.1 Å². The zero-order valence-electron chi connectivity index (χ0n) is 11.6. The lowest BCUT2D eigenvalue weighted by Crippen LogP contribution is -2.36. The topological polar surface area (TPSA) is 64.4 Å². The number of nitrogens with one attached hydrogen (secondary N) is 1. The molecule has 0 aromatic carbocycles. The van der Waals surface area contributed by atoms with Gasteiger partial charge in [-0.1, -0.05) is 25.7 Å². The molecule has 5 heteroatoms. The maximum atomic E-state index is 11.8. The number of ether oxygens (including phenoxy) is 1. The smallest absolute Gasteiger partial charge is 0.249 e. The first-order valence-corrected chi connectivity index (χ1v) is 7.43. The van der Waals surface area contributed by atoms with Crippen LogP contribution in [0.4, 0.5) is 0 Å². The van der Waals surface area contributed by atoms with Crippen LogP contribution >= 0.6 is 12.4 Å². The van der Waals surface area contributed by atoms with Crippen LogP contribution in [0, 0.1) is 5.92 Å². The number of nitrogens with two attached hydrogens (primary N) is 1. The van der Waals surface area contributed by atoms with Gasteiger partial charge in [-0.05, 0) is 31.6 Å². The van der Waals surface area contributed by atoms with Crippen molar-refractivity contribution in [2.45, 2.75) is 63.6 Å². The first-order valence-electron chi connectivity index (χ1n) is 7.43. The van der Waals surface area contributed by atoms with E-state index in [1.807, 2.05) is 0 Å². The quantitative estimate of drug-likeness (QED) is 0.736. The molecule has 3 N–H and O–H groups in total. The lowest BCUT2D eigenvalue weighted by molar-refractivity contribution is -0.131. The fourth-order valence-electron chi connectivity index (χ4n) is 3.09. The predicted octanol–water partition coefficient (Wildman–Crippen LogP) is 2.00. The molecule has 4 nitrogen and oxygen atoms in total. The van der Waals surface area contributed by atoms with E-state index in [1.54, 1.807) is 0 Å². The van der Waals surface area contributed by atoms with Crippen molar-refractivity contribution >= 4 is 18.3 Å². The molecule has 19 heavy (non-hydrogen) atoms. The van der Waals surface area contributed by atoms with E-state index in [2.05, 4.69) is 5.32 Å². The molecule has 1 aliphatic heterocycles. The molecule has 0 aromatic heterocycles. The Bertz CT molecular complexity index is 270. The van der Waals surface area contributed by atoms with E-state index in [4.69, 9.17) is 10.5 Å². The average molecular weight is 291 g/mol. The van der Waals surface area contributed by atoms with Crippen molar-refractivity contribution in [1.29, 1.82) is 0 Å². The van der Waals surface area contributed by atoms with Crippen LogP contribution in [0.5, 0.6) is 0 Å². The number of rotatable bonds is 6. The minimum absolute atomic E-state index is 0. The molecular weight excluding hydrogens is 264 g/mol. The lowest BCUT2D eigenvalue weighted by atomic mass is 10.0. The van der Waals surface area contributed by atoms with Crippen molar-refractivity contribution in [2.24, 2.45) is 11.7 Å². The van der Waals surface area contributed by atoms with Gasteiger partial charge in [-0.3, -0.25) is 4.79 Å². The normalized spacial score (nSPS) is 27.2. The van der Waals surface area contributed by atoms with Crippen LogP contribution < -0.4 is 11.1 Å². The molecule has 1 heterocycles. The molecule has 2 atom stereocenters. The van der Waals surface area contributed by atoms with Crippen molar-refractivity contribution in [2.75, 3.05) is 13.1 Å². The molecule has 0 bridgehead atoms. The van der Waals surface area contributed by atoms with E-state index in [-0.39, 0.29) is 30.5 Å². The summed E-state index contributed by atoms with van der Waals surface area (Å²) in [7, 11) is 0. The predicted molar refractivity (Wildman–Crippen MR) is 78.4 cm³/mol. The van der Waals surface area contributed by atoms with Gasteiger partial charge in [0.05, 0.1) is 6.10 Å². The second-order valence-electron chi connectivity index (χ2n) is 5.64. The van der Waals surface area contributed by atoms with Gasteiger partial charge in [0.1, 0.15) is 6.10 Å². The SMILES string of the molecule is Cl.NC[C@H]1CC[C@@H](C(=O)NCCCC2CCCC2)O1. The molecule has 2 fully saturated rings. The summed E-state index contributed by atoms with van der Waals surface area (Å²) in [6.07, 6.45) is 9.48. The number of amides is 1. The number of hydrogen-bond donors (Lipinski definition) is 2. The molecular formula is C14H27ClN2O2. The molecule has 0 unspecified atom stereocenters. The third kappa shape index (κ3) is 5.28. The van der Waals surface area contributed by atoms with Crippen LogP contribution in [0.15, 0.2) is 0 Å². The first kappa shape index (κ1) is 16.7. The minimum Gasteiger partial charge on any atom is -0.364 e. The Morgan fingerprint density at radius 1 is 1.21 bits per heavy atom. The van der Waals surface area contributed by atoms with E-state index >= 15 is 0 Å². The lowest BCUT2D eigenvalue weighted by Gasteiger charge is -2.13. The Hall–Kier alpha value is -0.320. The summed E-state index contributed by atoms with van der Waals surface area (Å²) in [5, 5.41) is 2.99. The highest BCUT2D eigenvalue weighted by Crippen LogP contribution is 2.28. The zero-order chi connectivity index (χ0) is 12.8. The van der Waals surface area contributed by atoms with Gasteiger partial charge in [0.2, 0.25) is 5.91 Å². The van der Waals surface area contributed by atoms with Gasteiger partial charge < -0.3 is 15.8 Å². The van der Waals surface area contributed by atoms with Crippen LogP contribution in [0.25, 0.3) is 0 Å². The average Bonchev–Trinajstić information content (AvgIpc) is 3.05. The second-order valence-corrected chi connectivity index (χ2v) is 5.64.